The Hall–Kier alpha value is -1.06. The van der Waals surface area contributed by atoms with Crippen LogP contribution in [0.2, 0.25) is 0 Å². The van der Waals surface area contributed by atoms with Crippen molar-refractivity contribution in [3.63, 3.8) is 0 Å². The van der Waals surface area contributed by atoms with E-state index in [1.807, 2.05) is 29.2 Å². The number of amides is 1. The van der Waals surface area contributed by atoms with Crippen LogP contribution in [0.1, 0.15) is 28.8 Å². The Balaban J connectivity index is 1.98. The smallest absolute Gasteiger partial charge is 0.253 e. The van der Waals surface area contributed by atoms with E-state index in [1.54, 1.807) is 0 Å². The van der Waals surface area contributed by atoms with Gasteiger partial charge in [-0.2, -0.15) is 0 Å². The first-order valence-electron chi connectivity index (χ1n) is 6.29. The summed E-state index contributed by atoms with van der Waals surface area (Å²) in [4.78, 5) is 14.1. The number of benzene rings is 1. The molecule has 1 aromatic carbocycles. The van der Waals surface area contributed by atoms with Crippen molar-refractivity contribution >= 4 is 17.5 Å². The minimum absolute atomic E-state index is 0.0764. The number of piperidine rings is 1. The minimum atomic E-state index is 0.0764. The lowest BCUT2D eigenvalue weighted by Crippen LogP contribution is -2.39. The number of rotatable bonds is 3. The maximum atomic E-state index is 12.2. The third-order valence-corrected chi connectivity index (χ3v) is 3.82. The molecule has 1 N–H and O–H groups in total. The minimum Gasteiger partial charge on any atom is -0.396 e. The molecule has 0 spiro atoms. The molecular formula is C14H18ClNO2. The molecule has 0 saturated carbocycles. The van der Waals surface area contributed by atoms with E-state index >= 15 is 0 Å². The van der Waals surface area contributed by atoms with Crippen LogP contribution in [0.5, 0.6) is 0 Å². The van der Waals surface area contributed by atoms with Gasteiger partial charge >= 0.3 is 0 Å². The highest BCUT2D eigenvalue weighted by molar-refractivity contribution is 6.17. The summed E-state index contributed by atoms with van der Waals surface area (Å²) in [6, 6.07) is 7.44. The van der Waals surface area contributed by atoms with Crippen molar-refractivity contribution in [1.29, 1.82) is 0 Å². The van der Waals surface area contributed by atoms with Crippen LogP contribution in [0.25, 0.3) is 0 Å². The van der Waals surface area contributed by atoms with E-state index in [9.17, 15) is 4.79 Å². The Kier molecular flexibility index (Phi) is 4.61. The highest BCUT2D eigenvalue weighted by atomic mass is 35.5. The maximum Gasteiger partial charge on any atom is 0.253 e. The number of carbonyl (C=O) groups excluding carboxylic acids is 1. The van der Waals surface area contributed by atoms with Crippen molar-refractivity contribution in [1.82, 2.24) is 4.90 Å². The molecule has 0 bridgehead atoms. The Labute approximate surface area is 112 Å². The summed E-state index contributed by atoms with van der Waals surface area (Å²) in [6.07, 6.45) is 1.78. The van der Waals surface area contributed by atoms with Crippen LogP contribution in [0.4, 0.5) is 0 Å². The van der Waals surface area contributed by atoms with Gasteiger partial charge in [-0.1, -0.05) is 12.1 Å². The number of alkyl halides is 1. The predicted molar refractivity (Wildman–Crippen MR) is 71.7 cm³/mol. The van der Waals surface area contributed by atoms with Crippen LogP contribution >= 0.6 is 11.6 Å². The van der Waals surface area contributed by atoms with Gasteiger partial charge < -0.3 is 10.0 Å². The molecule has 0 aliphatic carbocycles. The van der Waals surface area contributed by atoms with Crippen molar-refractivity contribution in [3.05, 3.63) is 35.4 Å². The van der Waals surface area contributed by atoms with Crippen LogP contribution in [0, 0.1) is 5.92 Å². The largest absolute Gasteiger partial charge is 0.396 e. The number of hydrogen-bond donors (Lipinski definition) is 1. The van der Waals surface area contributed by atoms with Gasteiger partial charge in [0, 0.05) is 31.1 Å². The second-order valence-corrected chi connectivity index (χ2v) is 5.02. The molecule has 0 unspecified atom stereocenters. The quantitative estimate of drug-likeness (QED) is 0.854. The second kappa shape index (κ2) is 6.21. The summed E-state index contributed by atoms with van der Waals surface area (Å²) in [7, 11) is 0. The summed E-state index contributed by atoms with van der Waals surface area (Å²) < 4.78 is 0. The van der Waals surface area contributed by atoms with E-state index in [1.165, 1.54) is 0 Å². The van der Waals surface area contributed by atoms with E-state index in [-0.39, 0.29) is 12.5 Å². The zero-order chi connectivity index (χ0) is 13.0. The highest BCUT2D eigenvalue weighted by Crippen LogP contribution is 2.18. The summed E-state index contributed by atoms with van der Waals surface area (Å²) in [5.74, 6) is 0.899. The van der Waals surface area contributed by atoms with E-state index < -0.39 is 0 Å². The van der Waals surface area contributed by atoms with Gasteiger partial charge in [-0.3, -0.25) is 4.79 Å². The predicted octanol–water partition coefficient (Wildman–Crippen LogP) is 2.27. The lowest BCUT2D eigenvalue weighted by Gasteiger charge is -2.31. The fourth-order valence-corrected chi connectivity index (χ4v) is 2.42. The van der Waals surface area contributed by atoms with Gasteiger partial charge in [0.1, 0.15) is 0 Å². The highest BCUT2D eigenvalue weighted by Gasteiger charge is 2.22. The normalized spacial score (nSPS) is 16.9. The number of halogens is 1. The van der Waals surface area contributed by atoms with Crippen molar-refractivity contribution in [2.45, 2.75) is 18.7 Å². The Morgan fingerprint density at radius 2 is 1.89 bits per heavy atom. The molecule has 1 aliphatic rings. The molecule has 0 aromatic heterocycles. The van der Waals surface area contributed by atoms with Crippen LogP contribution in [0.15, 0.2) is 24.3 Å². The first-order chi connectivity index (χ1) is 8.74. The molecular weight excluding hydrogens is 250 g/mol. The monoisotopic (exact) mass is 267 g/mol. The van der Waals surface area contributed by atoms with Crippen LogP contribution < -0.4 is 0 Å². The van der Waals surface area contributed by atoms with Gasteiger partial charge in [-0.15, -0.1) is 11.6 Å². The number of likely N-dealkylation sites (tertiary alicyclic amines) is 1. The van der Waals surface area contributed by atoms with Gasteiger partial charge in [0.2, 0.25) is 0 Å². The topological polar surface area (TPSA) is 40.5 Å². The Bertz CT molecular complexity index is 397. The molecule has 18 heavy (non-hydrogen) atoms. The molecule has 0 atom stereocenters. The molecule has 0 radical (unpaired) electrons. The van der Waals surface area contributed by atoms with Crippen molar-refractivity contribution in [2.75, 3.05) is 19.7 Å². The molecule has 1 saturated heterocycles. The summed E-state index contributed by atoms with van der Waals surface area (Å²) in [5, 5.41) is 9.07. The maximum absolute atomic E-state index is 12.2. The first kappa shape index (κ1) is 13.4. The zero-order valence-corrected chi connectivity index (χ0v) is 11.1. The third-order valence-electron chi connectivity index (χ3n) is 3.52. The van der Waals surface area contributed by atoms with Gasteiger partial charge in [0.05, 0.1) is 0 Å². The van der Waals surface area contributed by atoms with Crippen LogP contribution in [-0.4, -0.2) is 35.6 Å². The molecule has 1 aliphatic heterocycles. The average Bonchev–Trinajstić information content (AvgIpc) is 2.47. The van der Waals surface area contributed by atoms with E-state index in [4.69, 9.17) is 16.7 Å². The summed E-state index contributed by atoms with van der Waals surface area (Å²) in [6.45, 7) is 1.70. The van der Waals surface area contributed by atoms with Crippen molar-refractivity contribution in [2.24, 2.45) is 5.92 Å². The van der Waals surface area contributed by atoms with Crippen molar-refractivity contribution in [3.8, 4) is 0 Å². The molecule has 2 rings (SSSR count). The number of carbonyl (C=O) groups is 1. The number of nitrogens with zero attached hydrogens (tertiary/aromatic N) is 1. The summed E-state index contributed by atoms with van der Waals surface area (Å²) in [5.41, 5.74) is 1.73. The van der Waals surface area contributed by atoms with E-state index in [2.05, 4.69) is 0 Å². The van der Waals surface area contributed by atoms with Gasteiger partial charge in [0.25, 0.3) is 5.91 Å². The van der Waals surface area contributed by atoms with E-state index in [0.29, 0.717) is 17.4 Å². The van der Waals surface area contributed by atoms with Gasteiger partial charge in [-0.05, 0) is 36.5 Å². The molecule has 3 nitrogen and oxygen atoms in total. The molecule has 1 aromatic rings. The second-order valence-electron chi connectivity index (χ2n) is 4.75. The van der Waals surface area contributed by atoms with Gasteiger partial charge in [0.15, 0.2) is 0 Å². The zero-order valence-electron chi connectivity index (χ0n) is 10.3. The molecule has 98 valence electrons. The number of aliphatic hydroxyl groups excluding tert-OH is 1. The van der Waals surface area contributed by atoms with Crippen LogP contribution in [-0.2, 0) is 5.88 Å². The molecule has 1 fully saturated rings. The van der Waals surface area contributed by atoms with Gasteiger partial charge in [-0.25, -0.2) is 0 Å². The van der Waals surface area contributed by atoms with Crippen LogP contribution in [0.3, 0.4) is 0 Å². The third kappa shape index (κ3) is 3.03. The Morgan fingerprint density at radius 3 is 2.39 bits per heavy atom. The molecule has 4 heteroatoms. The Morgan fingerprint density at radius 1 is 1.28 bits per heavy atom. The summed E-state index contributed by atoms with van der Waals surface area (Å²) >= 11 is 5.72. The molecule has 1 heterocycles. The molecule has 1 amide bonds. The fourth-order valence-electron chi connectivity index (χ4n) is 2.24. The number of aliphatic hydroxyl groups is 1. The van der Waals surface area contributed by atoms with Crippen molar-refractivity contribution < 1.29 is 9.90 Å². The standard InChI is InChI=1S/C14H18ClNO2/c15-9-11-1-3-13(4-2-11)14(18)16-7-5-12(10-17)6-8-16/h1-4,12,17H,5-10H2. The lowest BCUT2D eigenvalue weighted by atomic mass is 9.97. The number of hydrogen-bond acceptors (Lipinski definition) is 2. The first-order valence-corrected chi connectivity index (χ1v) is 6.83. The SMILES string of the molecule is O=C(c1ccc(CCl)cc1)N1CCC(CO)CC1. The lowest BCUT2D eigenvalue weighted by molar-refractivity contribution is 0.0651. The fraction of sp³-hybridized carbons (Fsp3) is 0.500. The van der Waals surface area contributed by atoms with E-state index in [0.717, 1.165) is 31.5 Å². The average molecular weight is 268 g/mol.